The predicted molar refractivity (Wildman–Crippen MR) is 415 cm³/mol. The van der Waals surface area contributed by atoms with Crippen molar-refractivity contribution in [2.24, 2.45) is 35.2 Å². The molecule has 0 aliphatic carbocycles. The SMILES string of the molecule is CCOC(=O)c1c(C)c(C(=O)C(=O)NC(C)C)n(C)c1Cl.CCOC(=O)c1c(C)c(C(=O)C(=O)O)n(C)c1Cl.Cc1c(C(=O)Nc2ccc(F)c(C#N)c2)c(Cl)n(C)c1C(=O)C(=O)NC(C)C.Cc1c(C(=O)Nc2ccc(F)c(C#N)c2)c(Cl)n(C)c1C(=O)C(=O)NC(C)C.Cc1c(C(=O)O)c(Cl)n(C)c1C(=O)C(=O)NC(C)C. The van der Waals surface area contributed by atoms with Gasteiger partial charge in [-0.3, -0.25) is 52.7 Å². The lowest BCUT2D eigenvalue weighted by molar-refractivity contribution is -0.132. The fourth-order valence-electron chi connectivity index (χ4n) is 10.8. The highest BCUT2D eigenvalue weighted by molar-refractivity contribution is 6.47. The summed E-state index contributed by atoms with van der Waals surface area (Å²) in [6.07, 6.45) is 0. The van der Waals surface area contributed by atoms with E-state index in [0.717, 1.165) is 12.1 Å². The van der Waals surface area contributed by atoms with Crippen LogP contribution in [0, 0.1) is 68.9 Å². The summed E-state index contributed by atoms with van der Waals surface area (Å²) in [5.41, 5.74) is 1.02. The number of carbonyl (C=O) groups is 15. The van der Waals surface area contributed by atoms with Crippen LogP contribution in [0.1, 0.15) is 212 Å². The van der Waals surface area contributed by atoms with Gasteiger partial charge in [-0.25, -0.2) is 28.0 Å². The minimum absolute atomic E-state index is 0.00713. The number of ether oxygens (including phenoxy) is 2. The molecule has 2 aromatic carbocycles. The Labute approximate surface area is 677 Å². The van der Waals surface area contributed by atoms with Gasteiger partial charge in [0.15, 0.2) is 0 Å². The van der Waals surface area contributed by atoms with Crippen molar-refractivity contribution in [3.05, 3.63) is 169 Å². The van der Waals surface area contributed by atoms with E-state index in [1.54, 1.807) is 88.3 Å². The molecule has 39 heteroatoms. The van der Waals surface area contributed by atoms with E-state index in [-0.39, 0.29) is 164 Å². The van der Waals surface area contributed by atoms with Crippen LogP contribution < -0.4 is 31.9 Å². The monoisotopic (exact) mass is 1680 g/mol. The fourth-order valence-corrected chi connectivity index (χ4v) is 12.4. The van der Waals surface area contributed by atoms with Crippen molar-refractivity contribution in [3.63, 3.8) is 0 Å². The maximum Gasteiger partial charge on any atom is 0.378 e. The largest absolute Gasteiger partial charge is 0.478 e. The molecule has 5 heterocycles. The van der Waals surface area contributed by atoms with E-state index in [1.165, 1.54) is 110 Å². The molecule has 5 aromatic heterocycles. The average molecular weight is 1680 g/mol. The molecule has 0 atom stereocenters. The van der Waals surface area contributed by atoms with E-state index in [2.05, 4.69) is 31.9 Å². The summed E-state index contributed by atoms with van der Waals surface area (Å²) in [4.78, 5) is 179. The highest BCUT2D eigenvalue weighted by Gasteiger charge is 2.36. The Morgan fingerprint density at radius 3 is 0.851 bits per heavy atom. The van der Waals surface area contributed by atoms with E-state index < -0.39 is 99.9 Å². The first-order valence-electron chi connectivity index (χ1n) is 33.9. The van der Waals surface area contributed by atoms with Gasteiger partial charge in [0.05, 0.1) is 58.2 Å². The Balaban J connectivity index is 0.000000373. The molecule has 114 heavy (non-hydrogen) atoms. The molecule has 0 saturated carbocycles. The van der Waals surface area contributed by atoms with Crippen LogP contribution in [0.25, 0.3) is 0 Å². The van der Waals surface area contributed by atoms with Gasteiger partial charge in [-0.1, -0.05) is 58.0 Å². The van der Waals surface area contributed by atoms with Crippen LogP contribution in [0.4, 0.5) is 20.2 Å². The lowest BCUT2D eigenvalue weighted by Crippen LogP contribution is -2.37. The van der Waals surface area contributed by atoms with E-state index in [9.17, 15) is 80.7 Å². The van der Waals surface area contributed by atoms with Crippen LogP contribution in [0.15, 0.2) is 36.4 Å². The Bertz CT molecular complexity index is 5000. The summed E-state index contributed by atoms with van der Waals surface area (Å²) in [6, 6.07) is 9.61. The van der Waals surface area contributed by atoms with Crippen LogP contribution in [0.5, 0.6) is 0 Å². The summed E-state index contributed by atoms with van der Waals surface area (Å²) < 4.78 is 42.8. The molecule has 8 N–H and O–H groups in total. The Morgan fingerprint density at radius 1 is 0.404 bits per heavy atom. The summed E-state index contributed by atoms with van der Waals surface area (Å²) >= 11 is 30.3. The first-order chi connectivity index (χ1) is 52.9. The van der Waals surface area contributed by atoms with Crippen LogP contribution in [-0.2, 0) is 68.7 Å². The number of hydrogen-bond acceptors (Lipinski definition) is 19. The maximum absolute atomic E-state index is 13.4. The third kappa shape index (κ3) is 22.7. The van der Waals surface area contributed by atoms with Crippen molar-refractivity contribution in [1.82, 2.24) is 44.1 Å². The van der Waals surface area contributed by atoms with E-state index >= 15 is 0 Å². The number of carbonyl (C=O) groups excluding carboxylic acids is 13. The van der Waals surface area contributed by atoms with Crippen molar-refractivity contribution in [1.29, 1.82) is 10.5 Å². The van der Waals surface area contributed by atoms with Crippen LogP contribution >= 0.6 is 58.0 Å². The molecular formula is C75H82Cl5F2N13O19. The summed E-state index contributed by atoms with van der Waals surface area (Å²) in [5, 5.41) is 50.5. The summed E-state index contributed by atoms with van der Waals surface area (Å²) in [6.45, 7) is 24.9. The zero-order valence-corrected chi connectivity index (χ0v) is 69.1. The number of nitrogens with one attached hydrogen (secondary N) is 6. The number of hydrogen-bond donors (Lipinski definition) is 8. The topological polar surface area (TPSA) is 459 Å². The highest BCUT2D eigenvalue weighted by Crippen LogP contribution is 2.33. The second-order valence-electron chi connectivity index (χ2n) is 25.7. The fraction of sp³-hybridized carbons (Fsp3) is 0.347. The normalized spacial score (nSPS) is 10.5. The standard InChI is InChI=1S/2C19H18ClFN4O3.C14H19ClN2O4.C12H15ClN2O4.C11H12ClNO5/c2*1-9(2)23-19(28)16(26)15-10(3)14(17(20)25(15)4)18(27)24-12-5-6-13(21)11(7-12)8-22;1-6-21-14(20)9-8(4)10(17(5)12(9)15)11(18)13(19)16-7(2)3;1-5(2)14-11(17)9(16)8-6(3)7(12(18)19)10(13)15(8)4;1-4-18-11(17)6-5(2)7(8(14)10(15)16)13(3)9(6)12/h2*5-7,9H,1-4H3,(H,23,28)(H,24,27);7H,6H2,1-5H3,(H,16,19);5H,1-4H3,(H,14,17)(H,18,19);4H2,1-3H3,(H,15,16). The lowest BCUT2D eigenvalue weighted by atomic mass is 10.1. The number of aliphatic carboxylic acids is 1. The molecule has 0 aliphatic heterocycles. The zero-order chi connectivity index (χ0) is 87.6. The van der Waals surface area contributed by atoms with Gasteiger partial charge in [0, 0.05) is 70.8 Å². The van der Waals surface area contributed by atoms with E-state index in [1.807, 2.05) is 0 Å². The average Bonchev–Trinajstić information content (AvgIpc) is 1.64. The number of carboxylic acids is 2. The number of Topliss-reactive ketones (excluding diaryl/α,β-unsaturated/α-hetero) is 5. The molecule has 0 radical (unpaired) electrons. The molecule has 0 bridgehead atoms. The number of benzene rings is 2. The molecule has 0 spiro atoms. The quantitative estimate of drug-likeness (QED) is 0.0167. The third-order valence-electron chi connectivity index (χ3n) is 15.9. The number of anilines is 2. The van der Waals surface area contributed by atoms with E-state index in [4.69, 9.17) is 88.2 Å². The second-order valence-corrected chi connectivity index (χ2v) is 27.5. The number of nitriles is 2. The minimum Gasteiger partial charge on any atom is -0.478 e. The minimum atomic E-state index is -1.61. The molecule has 7 rings (SSSR count). The van der Waals surface area contributed by atoms with Gasteiger partial charge in [0.2, 0.25) is 0 Å². The lowest BCUT2D eigenvalue weighted by Gasteiger charge is -2.08. The first kappa shape index (κ1) is 96.4. The Morgan fingerprint density at radius 2 is 0.632 bits per heavy atom. The number of rotatable bonds is 23. The summed E-state index contributed by atoms with van der Waals surface area (Å²) in [7, 11) is 7.31. The third-order valence-corrected chi connectivity index (χ3v) is 18.1. The van der Waals surface area contributed by atoms with Gasteiger partial charge in [0.25, 0.3) is 64.4 Å². The van der Waals surface area contributed by atoms with Gasteiger partial charge in [-0.15, -0.1) is 0 Å². The van der Waals surface area contributed by atoms with Crippen LogP contribution in [0.3, 0.4) is 0 Å². The number of amides is 6. The Kier molecular flexibility index (Phi) is 35.2. The maximum atomic E-state index is 13.4. The van der Waals surface area contributed by atoms with Crippen molar-refractivity contribution in [3.8, 4) is 12.1 Å². The van der Waals surface area contributed by atoms with Gasteiger partial charge >= 0.3 is 23.9 Å². The number of ketones is 5. The number of nitrogens with zero attached hydrogens (tertiary/aromatic N) is 7. The number of esters is 2. The van der Waals surface area contributed by atoms with E-state index in [0.29, 0.717) is 5.56 Å². The smallest absolute Gasteiger partial charge is 0.378 e. The molecule has 32 nitrogen and oxygen atoms in total. The van der Waals surface area contributed by atoms with Crippen LogP contribution in [-0.4, -0.2) is 159 Å². The van der Waals surface area contributed by atoms with Crippen molar-refractivity contribution in [2.75, 3.05) is 23.8 Å². The van der Waals surface area contributed by atoms with Gasteiger partial charge in [-0.2, -0.15) is 10.5 Å². The first-order valence-corrected chi connectivity index (χ1v) is 35.8. The number of halogens is 7. The number of aromatic carboxylic acids is 1. The van der Waals surface area contributed by atoms with Gasteiger partial charge < -0.3 is 74.4 Å². The van der Waals surface area contributed by atoms with Crippen molar-refractivity contribution >= 4 is 158 Å². The second kappa shape index (κ2) is 41.6. The molecule has 0 saturated heterocycles. The van der Waals surface area contributed by atoms with Crippen molar-refractivity contribution < 1.29 is 100 Å². The molecule has 0 aliphatic rings. The highest BCUT2D eigenvalue weighted by atomic mass is 35.5. The van der Waals surface area contributed by atoms with Crippen LogP contribution in [0.2, 0.25) is 25.8 Å². The molecule has 7 aromatic rings. The molecule has 0 fully saturated rings. The van der Waals surface area contributed by atoms with Gasteiger partial charge in [0.1, 0.15) is 71.9 Å². The predicted octanol–water partition coefficient (Wildman–Crippen LogP) is 10.6. The number of aromatic nitrogens is 5. The molecule has 0 unspecified atom stereocenters. The molecular weight excluding hydrogens is 1600 g/mol. The summed E-state index contributed by atoms with van der Waals surface area (Å²) in [5.74, 6) is -14.3. The zero-order valence-electron chi connectivity index (χ0n) is 65.3. The van der Waals surface area contributed by atoms with Crippen molar-refractivity contribution in [2.45, 2.75) is 128 Å². The van der Waals surface area contributed by atoms with Gasteiger partial charge in [-0.05, 0) is 168 Å². The Hall–Kier alpha value is -11.8. The molecule has 610 valence electrons. The molecule has 6 amide bonds. The number of carboxylic acid groups (broad SMARTS) is 2.